The number of carbonyl (C=O) groups excluding carboxylic acids is 1. The molecule has 176 valence electrons. The average molecular weight is 494 g/mol. The molecule has 1 unspecified atom stereocenters. The summed E-state index contributed by atoms with van der Waals surface area (Å²) in [4.78, 5) is 30.7. The fraction of sp³-hybridized carbons (Fsp3) is 0.120. The van der Waals surface area contributed by atoms with E-state index in [-0.39, 0.29) is 21.8 Å². The van der Waals surface area contributed by atoms with E-state index in [1.165, 1.54) is 31.2 Å². The maximum atomic E-state index is 13.8. The smallest absolute Gasteiger partial charge is 0.324 e. The number of halogens is 3. The third-order valence-corrected chi connectivity index (χ3v) is 6.20. The molecule has 6 nitrogen and oxygen atoms in total. The summed E-state index contributed by atoms with van der Waals surface area (Å²) >= 11 is 0.844. The fourth-order valence-electron chi connectivity index (χ4n) is 3.45. The maximum Gasteiger partial charge on any atom is 0.418 e. The first-order valence-electron chi connectivity index (χ1n) is 10.4. The molecule has 0 saturated heterocycles. The van der Waals surface area contributed by atoms with Crippen molar-refractivity contribution in [2.24, 2.45) is 0 Å². The summed E-state index contributed by atoms with van der Waals surface area (Å²) in [6, 6.07) is 19.4. The third kappa shape index (κ3) is 4.90. The van der Waals surface area contributed by atoms with Crippen LogP contribution in [0.15, 0.2) is 82.7 Å². The molecule has 4 aromatic rings. The van der Waals surface area contributed by atoms with Gasteiger partial charge < -0.3 is 5.32 Å². The average Bonchev–Trinajstić information content (AvgIpc) is 2.84. The number of amides is 1. The molecule has 0 radical (unpaired) electrons. The highest BCUT2D eigenvalue weighted by Gasteiger charge is 2.35. The normalized spacial score (nSPS) is 12.2. The zero-order valence-corrected chi connectivity index (χ0v) is 19.0. The molecule has 0 bridgehead atoms. The molecular formula is C25H17F3N4O2S. The molecule has 3 aromatic carbocycles. The number of anilines is 1. The Kier molecular flexibility index (Phi) is 6.62. The second-order valence-corrected chi connectivity index (χ2v) is 8.78. The number of hydrogen-bond donors (Lipinski definition) is 1. The lowest BCUT2D eigenvalue weighted by Crippen LogP contribution is -2.27. The lowest BCUT2D eigenvalue weighted by atomic mass is 10.1. The van der Waals surface area contributed by atoms with Crippen LogP contribution in [0.3, 0.4) is 0 Å². The quantitative estimate of drug-likeness (QED) is 0.297. The number of carbonyl (C=O) groups is 1. The largest absolute Gasteiger partial charge is 0.418 e. The molecule has 1 aromatic heterocycles. The van der Waals surface area contributed by atoms with E-state index in [9.17, 15) is 28.0 Å². The zero-order valence-electron chi connectivity index (χ0n) is 18.2. The Morgan fingerprint density at radius 3 is 2.46 bits per heavy atom. The summed E-state index contributed by atoms with van der Waals surface area (Å²) in [5, 5.41) is 11.1. The molecule has 1 atom stereocenters. The first kappa shape index (κ1) is 24.0. The van der Waals surface area contributed by atoms with E-state index < -0.39 is 28.5 Å². The molecule has 0 aliphatic rings. The van der Waals surface area contributed by atoms with Gasteiger partial charge in [-0.15, -0.1) is 0 Å². The van der Waals surface area contributed by atoms with Crippen molar-refractivity contribution in [3.8, 4) is 11.8 Å². The van der Waals surface area contributed by atoms with Gasteiger partial charge >= 0.3 is 6.18 Å². The summed E-state index contributed by atoms with van der Waals surface area (Å²) in [7, 11) is 0. The minimum atomic E-state index is -4.71. The Hall–Kier alpha value is -4.10. The highest BCUT2D eigenvalue weighted by atomic mass is 32.2. The van der Waals surface area contributed by atoms with Crippen LogP contribution in [-0.2, 0) is 11.0 Å². The van der Waals surface area contributed by atoms with Crippen LogP contribution in [0.25, 0.3) is 16.6 Å². The Morgan fingerprint density at radius 1 is 1.06 bits per heavy atom. The van der Waals surface area contributed by atoms with E-state index in [2.05, 4.69) is 10.3 Å². The second-order valence-electron chi connectivity index (χ2n) is 7.47. The summed E-state index contributed by atoms with van der Waals surface area (Å²) in [6.45, 7) is 1.54. The van der Waals surface area contributed by atoms with E-state index >= 15 is 0 Å². The molecule has 0 aliphatic heterocycles. The Balaban J connectivity index is 1.80. The van der Waals surface area contributed by atoms with E-state index in [1.54, 1.807) is 42.5 Å². The predicted molar refractivity (Wildman–Crippen MR) is 127 cm³/mol. The van der Waals surface area contributed by atoms with Gasteiger partial charge in [-0.05, 0) is 43.3 Å². The van der Waals surface area contributed by atoms with E-state index in [0.29, 0.717) is 11.2 Å². The topological polar surface area (TPSA) is 87.8 Å². The number of nitrogens with one attached hydrogen (secondary N) is 1. The number of rotatable bonds is 5. The van der Waals surface area contributed by atoms with Crippen LogP contribution in [-0.4, -0.2) is 20.7 Å². The molecule has 1 amide bonds. The number of aromatic nitrogens is 2. The molecule has 4 rings (SSSR count). The predicted octanol–water partition coefficient (Wildman–Crippen LogP) is 5.40. The number of fused-ring (bicyclic) bond motifs is 1. The number of para-hydroxylation sites is 3. The van der Waals surface area contributed by atoms with Gasteiger partial charge in [-0.25, -0.2) is 4.98 Å². The Labute approximate surface area is 202 Å². The Morgan fingerprint density at radius 2 is 1.71 bits per heavy atom. The molecule has 0 spiro atoms. The monoisotopic (exact) mass is 494 g/mol. The van der Waals surface area contributed by atoms with Crippen LogP contribution in [0.2, 0.25) is 0 Å². The van der Waals surface area contributed by atoms with Gasteiger partial charge in [0.15, 0.2) is 5.16 Å². The maximum absolute atomic E-state index is 13.8. The van der Waals surface area contributed by atoms with Gasteiger partial charge in [0, 0.05) is 0 Å². The summed E-state index contributed by atoms with van der Waals surface area (Å²) in [5.41, 5.74) is -1.20. The van der Waals surface area contributed by atoms with Gasteiger partial charge in [0.25, 0.3) is 5.56 Å². The summed E-state index contributed by atoms with van der Waals surface area (Å²) in [6.07, 6.45) is -4.71. The molecule has 1 N–H and O–H groups in total. The zero-order chi connectivity index (χ0) is 25.2. The Bertz CT molecular complexity index is 1530. The first-order chi connectivity index (χ1) is 16.7. The minimum Gasteiger partial charge on any atom is -0.324 e. The number of nitriles is 1. The van der Waals surface area contributed by atoms with Crippen molar-refractivity contribution in [2.75, 3.05) is 5.32 Å². The SMILES string of the molecule is CC(Sc1nc2ccccc2c(=O)n1-c1ccccc1C(F)(F)F)C(=O)Nc1ccccc1C#N. The van der Waals surface area contributed by atoms with Crippen LogP contribution in [0.4, 0.5) is 18.9 Å². The number of nitrogens with zero attached hydrogens (tertiary/aromatic N) is 3. The molecule has 0 saturated carbocycles. The lowest BCUT2D eigenvalue weighted by Gasteiger charge is -2.19. The van der Waals surface area contributed by atoms with E-state index in [4.69, 9.17) is 0 Å². The van der Waals surface area contributed by atoms with Crippen LogP contribution in [0.1, 0.15) is 18.1 Å². The first-order valence-corrected chi connectivity index (χ1v) is 11.2. The molecule has 10 heteroatoms. The van der Waals surface area contributed by atoms with Crippen LogP contribution in [0.5, 0.6) is 0 Å². The number of hydrogen-bond acceptors (Lipinski definition) is 5. The van der Waals surface area contributed by atoms with Crippen molar-refractivity contribution in [3.63, 3.8) is 0 Å². The standard InChI is InChI=1S/C25H17F3N4O2S/c1-15(22(33)30-19-11-5-2-8-16(19)14-29)35-24-31-20-12-6-3-9-17(20)23(34)32(24)21-13-7-4-10-18(21)25(26,27)28/h2-13,15H,1H3,(H,30,33). The molecule has 35 heavy (non-hydrogen) atoms. The van der Waals surface area contributed by atoms with Crippen molar-refractivity contribution in [2.45, 2.75) is 23.5 Å². The van der Waals surface area contributed by atoms with Crippen molar-refractivity contribution < 1.29 is 18.0 Å². The van der Waals surface area contributed by atoms with Gasteiger partial charge in [0.2, 0.25) is 5.91 Å². The molecule has 1 heterocycles. The van der Waals surface area contributed by atoms with Gasteiger partial charge in [0.1, 0.15) is 6.07 Å². The fourth-order valence-corrected chi connectivity index (χ4v) is 4.37. The van der Waals surface area contributed by atoms with Gasteiger partial charge in [-0.1, -0.05) is 48.2 Å². The minimum absolute atomic E-state index is 0.0679. The highest BCUT2D eigenvalue weighted by Crippen LogP contribution is 2.35. The summed E-state index contributed by atoms with van der Waals surface area (Å²) < 4.78 is 42.2. The van der Waals surface area contributed by atoms with Crippen molar-refractivity contribution >= 4 is 34.3 Å². The molecule has 0 aliphatic carbocycles. The van der Waals surface area contributed by atoms with Crippen molar-refractivity contribution in [1.29, 1.82) is 5.26 Å². The summed E-state index contributed by atoms with van der Waals surface area (Å²) in [5.74, 6) is -0.504. The van der Waals surface area contributed by atoms with Gasteiger partial charge in [-0.2, -0.15) is 18.4 Å². The van der Waals surface area contributed by atoms with Crippen molar-refractivity contribution in [1.82, 2.24) is 9.55 Å². The van der Waals surface area contributed by atoms with Crippen molar-refractivity contribution in [3.05, 3.63) is 94.3 Å². The van der Waals surface area contributed by atoms with Crippen LogP contribution in [0, 0.1) is 11.3 Å². The number of alkyl halides is 3. The number of thioether (sulfide) groups is 1. The van der Waals surface area contributed by atoms with Crippen LogP contribution < -0.4 is 10.9 Å². The highest BCUT2D eigenvalue weighted by molar-refractivity contribution is 8.00. The van der Waals surface area contributed by atoms with E-state index in [1.807, 2.05) is 6.07 Å². The molecular weight excluding hydrogens is 477 g/mol. The van der Waals surface area contributed by atoms with Gasteiger partial charge in [-0.3, -0.25) is 14.2 Å². The van der Waals surface area contributed by atoms with E-state index in [0.717, 1.165) is 22.4 Å². The molecule has 0 fully saturated rings. The second kappa shape index (κ2) is 9.64. The lowest BCUT2D eigenvalue weighted by molar-refractivity contribution is -0.137. The van der Waals surface area contributed by atoms with Gasteiger partial charge in [0.05, 0.1) is 38.7 Å². The third-order valence-electron chi connectivity index (χ3n) is 5.15. The number of benzene rings is 3. The van der Waals surface area contributed by atoms with Crippen LogP contribution >= 0.6 is 11.8 Å².